The Balaban J connectivity index is 2.76. The van der Waals surface area contributed by atoms with E-state index in [2.05, 4.69) is 5.10 Å². The summed E-state index contributed by atoms with van der Waals surface area (Å²) in [4.78, 5) is 0.245. The Bertz CT molecular complexity index is 444. The molecule has 2 aromatic heterocycles. The molecule has 0 bridgehead atoms. The number of halogens is 3. The quantitative estimate of drug-likeness (QED) is 0.675. The number of thiophene rings is 1. The molecule has 0 spiro atoms. The standard InChI is InChI=1S/C6H3F3N2OS/c7-6(8,9)5-4-3(1-2-13-4)11(12)10-5/h1-2,12H. The van der Waals surface area contributed by atoms with Crippen molar-refractivity contribution in [2.45, 2.75) is 6.18 Å². The topological polar surface area (TPSA) is 38.0 Å². The summed E-state index contributed by atoms with van der Waals surface area (Å²) in [5.41, 5.74) is -0.961. The molecule has 2 aromatic rings. The van der Waals surface area contributed by atoms with E-state index in [4.69, 9.17) is 5.21 Å². The predicted molar refractivity (Wildman–Crippen MR) is 39.8 cm³/mol. The maximum Gasteiger partial charge on any atom is 0.436 e. The van der Waals surface area contributed by atoms with Crippen molar-refractivity contribution in [3.05, 3.63) is 17.1 Å². The highest BCUT2D eigenvalue weighted by Crippen LogP contribution is 2.35. The molecule has 0 aliphatic heterocycles. The number of alkyl halides is 3. The second-order valence-corrected chi connectivity index (χ2v) is 3.29. The highest BCUT2D eigenvalue weighted by Gasteiger charge is 2.37. The fourth-order valence-corrected chi connectivity index (χ4v) is 1.89. The lowest BCUT2D eigenvalue weighted by atomic mass is 10.4. The molecular weight excluding hydrogens is 205 g/mol. The van der Waals surface area contributed by atoms with Gasteiger partial charge in [0.2, 0.25) is 0 Å². The summed E-state index contributed by atoms with van der Waals surface area (Å²) in [6, 6.07) is 1.38. The van der Waals surface area contributed by atoms with Crippen LogP contribution < -0.4 is 0 Å². The first-order valence-electron chi connectivity index (χ1n) is 3.23. The molecule has 0 radical (unpaired) electrons. The Morgan fingerprint density at radius 2 is 2.15 bits per heavy atom. The lowest BCUT2D eigenvalue weighted by Crippen LogP contribution is -2.07. The smallest absolute Gasteiger partial charge is 0.411 e. The predicted octanol–water partition coefficient (Wildman–Crippen LogP) is 2.35. The van der Waals surface area contributed by atoms with Crippen LogP contribution in [-0.4, -0.2) is 15.2 Å². The number of fused-ring (bicyclic) bond motifs is 1. The molecule has 0 atom stereocenters. The molecule has 0 saturated carbocycles. The third kappa shape index (κ3) is 1.15. The molecule has 2 heterocycles. The minimum atomic E-state index is -4.52. The van der Waals surface area contributed by atoms with Gasteiger partial charge in [0.05, 0.1) is 4.70 Å². The molecule has 0 fully saturated rings. The van der Waals surface area contributed by atoms with Gasteiger partial charge in [-0.1, -0.05) is 0 Å². The Morgan fingerprint density at radius 1 is 1.46 bits per heavy atom. The van der Waals surface area contributed by atoms with Crippen molar-refractivity contribution >= 4 is 21.6 Å². The molecule has 0 aliphatic carbocycles. The van der Waals surface area contributed by atoms with Gasteiger partial charge < -0.3 is 5.21 Å². The van der Waals surface area contributed by atoms with Crippen LogP contribution in [0.25, 0.3) is 10.2 Å². The van der Waals surface area contributed by atoms with Gasteiger partial charge in [-0.15, -0.1) is 21.3 Å². The number of hydrogen-bond acceptors (Lipinski definition) is 3. The average molecular weight is 208 g/mol. The zero-order valence-electron chi connectivity index (χ0n) is 6.04. The van der Waals surface area contributed by atoms with Gasteiger partial charge >= 0.3 is 6.18 Å². The van der Waals surface area contributed by atoms with Crippen LogP contribution in [-0.2, 0) is 6.18 Å². The zero-order chi connectivity index (χ0) is 9.64. The highest BCUT2D eigenvalue weighted by atomic mass is 32.1. The van der Waals surface area contributed by atoms with Crippen molar-refractivity contribution in [2.75, 3.05) is 0 Å². The minimum absolute atomic E-state index is 0.0463. The molecule has 13 heavy (non-hydrogen) atoms. The summed E-state index contributed by atoms with van der Waals surface area (Å²) < 4.78 is 36.6. The van der Waals surface area contributed by atoms with Gasteiger partial charge in [-0.3, -0.25) is 0 Å². The number of nitrogens with zero attached hydrogens (tertiary/aromatic N) is 2. The third-order valence-electron chi connectivity index (χ3n) is 1.54. The largest absolute Gasteiger partial charge is 0.436 e. The molecule has 70 valence electrons. The van der Waals surface area contributed by atoms with E-state index in [0.717, 1.165) is 11.3 Å². The van der Waals surface area contributed by atoms with Crippen molar-refractivity contribution in [1.82, 2.24) is 9.94 Å². The van der Waals surface area contributed by atoms with E-state index in [1.54, 1.807) is 0 Å². The van der Waals surface area contributed by atoms with E-state index in [1.807, 2.05) is 0 Å². The minimum Gasteiger partial charge on any atom is -0.411 e. The molecule has 0 amide bonds. The van der Waals surface area contributed by atoms with Gasteiger partial charge in [-0.2, -0.15) is 13.2 Å². The average Bonchev–Trinajstić information content (AvgIpc) is 2.51. The molecule has 0 aliphatic rings. The van der Waals surface area contributed by atoms with Crippen molar-refractivity contribution in [3.63, 3.8) is 0 Å². The van der Waals surface area contributed by atoms with Gasteiger partial charge in [0.25, 0.3) is 0 Å². The van der Waals surface area contributed by atoms with Gasteiger partial charge in [0.15, 0.2) is 5.69 Å². The van der Waals surface area contributed by atoms with Crippen LogP contribution in [0.3, 0.4) is 0 Å². The van der Waals surface area contributed by atoms with Crippen LogP contribution >= 0.6 is 11.3 Å². The first-order chi connectivity index (χ1) is 6.00. The van der Waals surface area contributed by atoms with Crippen molar-refractivity contribution < 1.29 is 18.4 Å². The molecule has 3 nitrogen and oxygen atoms in total. The van der Waals surface area contributed by atoms with E-state index in [-0.39, 0.29) is 15.1 Å². The van der Waals surface area contributed by atoms with Crippen molar-refractivity contribution in [1.29, 1.82) is 0 Å². The molecule has 0 saturated heterocycles. The number of hydrogen-bond donors (Lipinski definition) is 1. The van der Waals surface area contributed by atoms with Crippen LogP contribution in [0.5, 0.6) is 0 Å². The lowest BCUT2D eigenvalue weighted by Gasteiger charge is -1.99. The summed E-state index contributed by atoms with van der Waals surface area (Å²) in [5, 5.41) is 13.4. The third-order valence-corrected chi connectivity index (χ3v) is 2.45. The number of rotatable bonds is 0. The van der Waals surface area contributed by atoms with Crippen molar-refractivity contribution in [2.24, 2.45) is 0 Å². The fourth-order valence-electron chi connectivity index (χ4n) is 1.02. The summed E-state index contributed by atoms with van der Waals surface area (Å²) >= 11 is 0.898. The Hall–Kier alpha value is -1.24. The van der Waals surface area contributed by atoms with Crippen LogP contribution in [0.15, 0.2) is 11.4 Å². The molecule has 0 unspecified atom stereocenters. The highest BCUT2D eigenvalue weighted by molar-refractivity contribution is 7.17. The Morgan fingerprint density at radius 3 is 2.77 bits per heavy atom. The molecule has 1 N–H and O–H groups in total. The van der Waals surface area contributed by atoms with E-state index in [9.17, 15) is 13.2 Å². The van der Waals surface area contributed by atoms with Crippen LogP contribution in [0.4, 0.5) is 13.2 Å². The van der Waals surface area contributed by atoms with Gasteiger partial charge in [-0.25, -0.2) is 0 Å². The summed E-state index contributed by atoms with van der Waals surface area (Å²) in [6.07, 6.45) is -4.52. The van der Waals surface area contributed by atoms with Gasteiger partial charge in [0.1, 0.15) is 5.52 Å². The first kappa shape index (κ1) is 8.36. The monoisotopic (exact) mass is 208 g/mol. The number of aromatic nitrogens is 2. The second kappa shape index (κ2) is 2.38. The maximum absolute atomic E-state index is 12.2. The van der Waals surface area contributed by atoms with Crippen LogP contribution in [0.2, 0.25) is 0 Å². The van der Waals surface area contributed by atoms with Crippen LogP contribution in [0, 0.1) is 0 Å². The Labute approximate surface area is 74.0 Å². The van der Waals surface area contributed by atoms with Crippen LogP contribution in [0.1, 0.15) is 5.69 Å². The van der Waals surface area contributed by atoms with E-state index in [0.29, 0.717) is 0 Å². The SMILES string of the molecule is On1nc(C(F)(F)F)c2sccc21. The fraction of sp³-hybridized carbons (Fsp3) is 0.167. The van der Waals surface area contributed by atoms with E-state index < -0.39 is 11.9 Å². The van der Waals surface area contributed by atoms with Gasteiger partial charge in [-0.05, 0) is 11.4 Å². The zero-order valence-corrected chi connectivity index (χ0v) is 6.85. The first-order valence-corrected chi connectivity index (χ1v) is 4.11. The molecule has 7 heteroatoms. The Kier molecular flexibility index (Phi) is 1.53. The molecule has 2 rings (SSSR count). The second-order valence-electron chi connectivity index (χ2n) is 2.37. The summed E-state index contributed by atoms with van der Waals surface area (Å²) in [5.74, 6) is 0. The lowest BCUT2D eigenvalue weighted by molar-refractivity contribution is -0.141. The maximum atomic E-state index is 12.2. The van der Waals surface area contributed by atoms with Crippen molar-refractivity contribution in [3.8, 4) is 0 Å². The van der Waals surface area contributed by atoms with E-state index in [1.165, 1.54) is 11.4 Å². The summed E-state index contributed by atoms with van der Waals surface area (Å²) in [6.45, 7) is 0. The molecular formula is C6H3F3N2OS. The van der Waals surface area contributed by atoms with Gasteiger partial charge in [0, 0.05) is 0 Å². The van der Waals surface area contributed by atoms with E-state index >= 15 is 0 Å². The molecule has 0 aromatic carbocycles. The normalized spacial score (nSPS) is 12.5. The summed E-state index contributed by atoms with van der Waals surface area (Å²) in [7, 11) is 0.